The highest BCUT2D eigenvalue weighted by Gasteiger charge is 2.20. The van der Waals surface area contributed by atoms with Crippen LogP contribution in [-0.2, 0) is 0 Å². The Balaban J connectivity index is 1.37. The summed E-state index contributed by atoms with van der Waals surface area (Å²) in [6.07, 6.45) is 0. The van der Waals surface area contributed by atoms with Crippen LogP contribution in [0.25, 0.3) is 99.9 Å². The van der Waals surface area contributed by atoms with Crippen LogP contribution in [0.2, 0.25) is 0 Å². The largest absolute Gasteiger partial charge is 0.456 e. The highest BCUT2D eigenvalue weighted by Crippen LogP contribution is 2.41. The van der Waals surface area contributed by atoms with Crippen LogP contribution in [-0.4, -0.2) is 15.0 Å². The monoisotopic (exact) mass is 626 g/mol. The van der Waals surface area contributed by atoms with Crippen LogP contribution in [0, 0.1) is 0 Å². The third kappa shape index (κ3) is 4.08. The summed E-state index contributed by atoms with van der Waals surface area (Å²) < 4.78 is 110. The molecular weight excluding hydrogens is 590 g/mol. The zero-order chi connectivity index (χ0) is 41.2. The molecule has 48 heavy (non-hydrogen) atoms. The summed E-state index contributed by atoms with van der Waals surface area (Å²) in [4.78, 5) is 14.2. The van der Waals surface area contributed by atoms with Gasteiger partial charge in [0.15, 0.2) is 17.5 Å². The van der Waals surface area contributed by atoms with Gasteiger partial charge in [0.25, 0.3) is 0 Å². The van der Waals surface area contributed by atoms with E-state index in [2.05, 4.69) is 4.98 Å². The summed E-state index contributed by atoms with van der Waals surface area (Å²) >= 11 is 0. The van der Waals surface area contributed by atoms with Crippen LogP contribution in [0.15, 0.2) is 160 Å². The first-order valence-corrected chi connectivity index (χ1v) is 15.1. The van der Waals surface area contributed by atoms with E-state index in [0.717, 1.165) is 0 Å². The predicted octanol–water partition coefficient (Wildman–Crippen LogP) is 11.5. The molecule has 0 unspecified atom stereocenters. The fraction of sp³-hybridized carbons (Fsp3) is 0. The average molecular weight is 627 g/mol. The quantitative estimate of drug-likeness (QED) is 0.194. The van der Waals surface area contributed by atoms with E-state index in [9.17, 15) is 5.48 Å². The van der Waals surface area contributed by atoms with E-state index in [1.54, 1.807) is 48.5 Å². The van der Waals surface area contributed by atoms with Crippen LogP contribution in [0.3, 0.4) is 0 Å². The number of benzene rings is 7. The first-order valence-electron chi connectivity index (χ1n) is 20.6. The van der Waals surface area contributed by atoms with Gasteiger partial charge in [0, 0.05) is 38.2 Å². The van der Waals surface area contributed by atoms with Crippen molar-refractivity contribution in [2.24, 2.45) is 0 Å². The molecule has 3 heterocycles. The van der Waals surface area contributed by atoms with Crippen molar-refractivity contribution >= 4 is 54.6 Å². The molecule has 0 aliphatic rings. The highest BCUT2D eigenvalue weighted by atomic mass is 16.3. The summed E-state index contributed by atoms with van der Waals surface area (Å²) in [5.74, 6) is -0.730. The molecule has 0 radical (unpaired) electrons. The van der Waals surface area contributed by atoms with Crippen molar-refractivity contribution in [3.8, 4) is 45.3 Å². The molecule has 10 rings (SSSR count). The van der Waals surface area contributed by atoms with Crippen LogP contribution < -0.4 is 0 Å². The van der Waals surface area contributed by atoms with Gasteiger partial charge in [-0.3, -0.25) is 0 Å². The molecule has 0 amide bonds. The molecule has 0 saturated heterocycles. The van der Waals surface area contributed by atoms with Gasteiger partial charge in [0.1, 0.15) is 22.3 Å². The number of furan rings is 2. The van der Waals surface area contributed by atoms with Gasteiger partial charge < -0.3 is 8.83 Å². The highest BCUT2D eigenvalue weighted by molar-refractivity contribution is 6.16. The second-order valence-corrected chi connectivity index (χ2v) is 11.1. The minimum atomic E-state index is -0.632. The Morgan fingerprint density at radius 1 is 0.375 bits per heavy atom. The molecule has 0 aliphatic heterocycles. The molecule has 10 aromatic rings. The van der Waals surface area contributed by atoms with Crippen molar-refractivity contribution in [2.45, 2.75) is 0 Å². The molecular formula is C43H25N3O2. The van der Waals surface area contributed by atoms with Crippen molar-refractivity contribution in [1.29, 1.82) is 0 Å². The summed E-state index contributed by atoms with van der Waals surface area (Å²) in [7, 11) is 0. The lowest BCUT2D eigenvalue weighted by Gasteiger charge is -2.13. The maximum atomic E-state index is 9.32. The molecule has 0 N–H and O–H groups in total. The first kappa shape index (κ1) is 17.9. The van der Waals surface area contributed by atoms with Crippen molar-refractivity contribution < 1.29 is 23.9 Å². The van der Waals surface area contributed by atoms with Gasteiger partial charge in [0.2, 0.25) is 0 Å². The Hall–Kier alpha value is -6.59. The standard InChI is InChI=1S/C43H25N3O2/c1-2-12-26(13-3-1)41-44-42(46-43(45-41)34-21-11-25-38-40(34)33-15-5-7-23-36(33)48-38)31-20-9-16-27-28(17-8-18-29(27)31)30-19-10-24-37-39(30)32-14-4-6-22-35(32)47-37/h1-25H/i1D,2D,3D,8D,9D,12D,13D,16D,17D,18D,20D. The number of para-hydroxylation sites is 2. The van der Waals surface area contributed by atoms with Crippen LogP contribution in [0.4, 0.5) is 0 Å². The van der Waals surface area contributed by atoms with E-state index in [1.807, 2.05) is 36.4 Å². The third-order valence-electron chi connectivity index (χ3n) is 8.40. The van der Waals surface area contributed by atoms with E-state index in [0.29, 0.717) is 55.0 Å². The molecule has 0 atom stereocenters. The van der Waals surface area contributed by atoms with Gasteiger partial charge in [-0.15, -0.1) is 0 Å². The first-order chi connectivity index (χ1) is 28.4. The average Bonchev–Trinajstić information content (AvgIpc) is 3.83. The van der Waals surface area contributed by atoms with E-state index in [4.69, 9.17) is 28.4 Å². The lowest BCUT2D eigenvalue weighted by atomic mass is 9.93. The molecule has 0 spiro atoms. The fourth-order valence-electron chi connectivity index (χ4n) is 6.33. The Kier molecular flexibility index (Phi) is 3.91. The number of rotatable bonds is 4. The molecule has 0 fully saturated rings. The number of hydrogen-bond donors (Lipinski definition) is 0. The number of hydrogen-bond acceptors (Lipinski definition) is 5. The summed E-state index contributed by atoms with van der Waals surface area (Å²) in [5, 5.41) is 2.37. The smallest absolute Gasteiger partial charge is 0.164 e. The molecule has 0 bridgehead atoms. The second-order valence-electron chi connectivity index (χ2n) is 11.1. The Labute approximate surface area is 290 Å². The van der Waals surface area contributed by atoms with Crippen molar-refractivity contribution in [2.75, 3.05) is 0 Å². The zero-order valence-electron chi connectivity index (χ0n) is 35.7. The zero-order valence-corrected chi connectivity index (χ0v) is 24.7. The summed E-state index contributed by atoms with van der Waals surface area (Å²) in [5.41, 5.74) is 2.36. The summed E-state index contributed by atoms with van der Waals surface area (Å²) in [6, 6.07) is 18.8. The Morgan fingerprint density at radius 3 is 1.58 bits per heavy atom. The topological polar surface area (TPSA) is 65.0 Å². The number of nitrogens with zero attached hydrogens (tertiary/aromatic N) is 3. The van der Waals surface area contributed by atoms with Gasteiger partial charge in [-0.1, -0.05) is 127 Å². The molecule has 0 aliphatic carbocycles. The van der Waals surface area contributed by atoms with E-state index in [-0.39, 0.29) is 51.0 Å². The SMILES string of the molecule is [2H]c1c([2H])c([2H])c(-c2nc(-c3c([2H])c([2H])c([2H])c4c(-c5cccc6oc7ccccc7c56)c([2H])c([2H])c([2H])c34)nc(-c3cccc4oc5ccccc5c34)n2)c([2H])c1[2H]. The van der Waals surface area contributed by atoms with Gasteiger partial charge >= 0.3 is 0 Å². The van der Waals surface area contributed by atoms with Crippen LogP contribution in [0.1, 0.15) is 15.1 Å². The predicted molar refractivity (Wildman–Crippen MR) is 194 cm³/mol. The Bertz CT molecular complexity index is 3460. The number of aromatic nitrogens is 3. The molecule has 0 saturated carbocycles. The lowest BCUT2D eigenvalue weighted by molar-refractivity contribution is 0.668. The fourth-order valence-corrected chi connectivity index (χ4v) is 6.33. The van der Waals surface area contributed by atoms with Crippen molar-refractivity contribution in [3.63, 3.8) is 0 Å². The van der Waals surface area contributed by atoms with Crippen molar-refractivity contribution in [3.05, 3.63) is 151 Å². The molecule has 5 heteroatoms. The molecule has 5 nitrogen and oxygen atoms in total. The summed E-state index contributed by atoms with van der Waals surface area (Å²) in [6.45, 7) is 0. The third-order valence-corrected chi connectivity index (χ3v) is 8.40. The van der Waals surface area contributed by atoms with Gasteiger partial charge in [0.05, 0.1) is 15.1 Å². The van der Waals surface area contributed by atoms with Crippen LogP contribution in [0.5, 0.6) is 0 Å². The number of fused-ring (bicyclic) bond motifs is 7. The minimum Gasteiger partial charge on any atom is -0.456 e. The van der Waals surface area contributed by atoms with E-state index >= 15 is 0 Å². The van der Waals surface area contributed by atoms with Gasteiger partial charge in [-0.25, -0.2) is 15.0 Å². The molecule has 7 aromatic carbocycles. The molecule has 3 aromatic heterocycles. The maximum absolute atomic E-state index is 9.32. The minimum absolute atomic E-state index is 0.0485. The maximum Gasteiger partial charge on any atom is 0.164 e. The van der Waals surface area contributed by atoms with E-state index in [1.165, 1.54) is 0 Å². The van der Waals surface area contributed by atoms with Crippen molar-refractivity contribution in [1.82, 2.24) is 15.0 Å². The molecule has 224 valence electrons. The van der Waals surface area contributed by atoms with Gasteiger partial charge in [-0.2, -0.15) is 0 Å². The second kappa shape index (κ2) is 10.5. The van der Waals surface area contributed by atoms with Crippen LogP contribution >= 0.6 is 0 Å². The Morgan fingerprint density at radius 2 is 0.896 bits per heavy atom. The normalized spacial score (nSPS) is 15.0. The lowest BCUT2D eigenvalue weighted by Crippen LogP contribution is -2.01. The van der Waals surface area contributed by atoms with E-state index < -0.39 is 60.4 Å². The van der Waals surface area contributed by atoms with Gasteiger partial charge in [-0.05, 0) is 46.2 Å².